The van der Waals surface area contributed by atoms with Gasteiger partial charge in [0, 0.05) is 7.11 Å². The number of hydrogen-bond donors (Lipinski definition) is 2. The van der Waals surface area contributed by atoms with E-state index in [2.05, 4.69) is 13.0 Å². The number of carboxylic acids is 1. The van der Waals surface area contributed by atoms with Gasteiger partial charge in [-0.05, 0) is 79.9 Å². The second-order valence-corrected chi connectivity index (χ2v) is 9.78. The van der Waals surface area contributed by atoms with Crippen LogP contribution in [0.2, 0.25) is 0 Å². The van der Waals surface area contributed by atoms with E-state index in [4.69, 9.17) is 24.1 Å². The van der Waals surface area contributed by atoms with E-state index >= 15 is 0 Å². The Kier molecular flexibility index (Phi) is 10.7. The smallest absolute Gasteiger partial charge is 0.482 e. The van der Waals surface area contributed by atoms with E-state index in [1.165, 1.54) is 5.56 Å². The molecular weight excluding hydrogens is 452 g/mol. The van der Waals surface area contributed by atoms with Gasteiger partial charge >= 0.3 is 12.1 Å². The lowest BCUT2D eigenvalue weighted by atomic mass is 9.73. The first-order valence-corrected chi connectivity index (χ1v) is 12.9. The molecule has 1 aromatic carbocycles. The number of benzene rings is 1. The van der Waals surface area contributed by atoms with Crippen LogP contribution in [0.4, 0.5) is 4.79 Å². The second kappa shape index (κ2) is 13.7. The van der Waals surface area contributed by atoms with Gasteiger partial charge in [-0.2, -0.15) is 0 Å². The number of aliphatic carboxylic acids is 1. The minimum absolute atomic E-state index is 0.138. The van der Waals surface area contributed by atoms with Crippen LogP contribution < -0.4 is 4.74 Å². The highest BCUT2D eigenvalue weighted by Gasteiger charge is 2.45. The van der Waals surface area contributed by atoms with Crippen LogP contribution in [-0.4, -0.2) is 61.5 Å². The number of carboxylic acid groups (broad SMARTS) is 1. The number of rotatable bonds is 14. The molecule has 3 rings (SSSR count). The highest BCUT2D eigenvalue weighted by molar-refractivity contribution is 5.68. The van der Waals surface area contributed by atoms with Gasteiger partial charge in [-0.15, -0.1) is 0 Å². The van der Waals surface area contributed by atoms with E-state index in [0.717, 1.165) is 56.9 Å². The first-order valence-electron chi connectivity index (χ1n) is 12.9. The predicted octanol–water partition coefficient (Wildman–Crippen LogP) is 4.39. The summed E-state index contributed by atoms with van der Waals surface area (Å²) in [7, 11) is 1.55. The lowest BCUT2D eigenvalue weighted by Gasteiger charge is -2.32. The summed E-state index contributed by atoms with van der Waals surface area (Å²) in [6.07, 6.45) is 6.50. The first-order chi connectivity index (χ1) is 16.9. The summed E-state index contributed by atoms with van der Waals surface area (Å²) >= 11 is 0. The van der Waals surface area contributed by atoms with Gasteiger partial charge in [-0.3, -0.25) is 0 Å². The molecule has 0 amide bonds. The number of fused-ring (bicyclic) bond motifs is 2. The molecule has 0 aliphatic heterocycles. The topological polar surface area (TPSA) is 112 Å². The van der Waals surface area contributed by atoms with Crippen LogP contribution in [0.5, 0.6) is 5.75 Å². The Morgan fingerprint density at radius 3 is 2.71 bits per heavy atom. The van der Waals surface area contributed by atoms with Crippen LogP contribution >= 0.6 is 0 Å². The fraction of sp³-hybridized carbons (Fsp3) is 0.704. The first kappa shape index (κ1) is 27.3. The third-order valence-corrected chi connectivity index (χ3v) is 7.42. The van der Waals surface area contributed by atoms with Crippen LogP contribution in [0.3, 0.4) is 0 Å². The molecule has 0 bridgehead atoms. The largest absolute Gasteiger partial charge is 0.508 e. The third-order valence-electron chi connectivity index (χ3n) is 7.42. The SMILES string of the molecule is CCCCC[C@@H](CC[C@@H]1[C@H]2Cc3cccc(OCC(=O)O)c3C[C@H]2C[C@H]1O)OC(=O)OCCOC. The minimum atomic E-state index is -0.995. The summed E-state index contributed by atoms with van der Waals surface area (Å²) < 4.78 is 21.2. The van der Waals surface area contributed by atoms with Crippen molar-refractivity contribution in [1.29, 1.82) is 0 Å². The van der Waals surface area contributed by atoms with Crippen molar-refractivity contribution in [2.24, 2.45) is 17.8 Å². The molecule has 1 aromatic rings. The summed E-state index contributed by atoms with van der Waals surface area (Å²) in [6.45, 7) is 2.28. The normalized spacial score (nSPS) is 23.7. The molecule has 1 saturated carbocycles. The maximum absolute atomic E-state index is 12.1. The Hall–Kier alpha value is -2.32. The number of aliphatic hydroxyl groups is 1. The van der Waals surface area contributed by atoms with Crippen LogP contribution in [0.25, 0.3) is 0 Å². The monoisotopic (exact) mass is 492 g/mol. The van der Waals surface area contributed by atoms with Gasteiger partial charge in [0.1, 0.15) is 18.5 Å². The molecule has 0 heterocycles. The number of carbonyl (C=O) groups is 2. The zero-order valence-corrected chi connectivity index (χ0v) is 20.9. The fourth-order valence-electron chi connectivity index (χ4n) is 5.72. The number of hydrogen-bond acceptors (Lipinski definition) is 7. The van der Waals surface area contributed by atoms with E-state index in [1.807, 2.05) is 12.1 Å². The van der Waals surface area contributed by atoms with Crippen LogP contribution in [-0.2, 0) is 31.8 Å². The maximum atomic E-state index is 12.1. The summed E-state index contributed by atoms with van der Waals surface area (Å²) in [5.74, 6) is 0.454. The Bertz CT molecular complexity index is 825. The number of carbonyl (C=O) groups excluding carboxylic acids is 1. The highest BCUT2D eigenvalue weighted by atomic mass is 16.7. The van der Waals surface area contributed by atoms with E-state index < -0.39 is 18.2 Å². The molecule has 35 heavy (non-hydrogen) atoms. The highest BCUT2D eigenvalue weighted by Crippen LogP contribution is 2.48. The zero-order valence-electron chi connectivity index (χ0n) is 20.9. The van der Waals surface area contributed by atoms with Crippen molar-refractivity contribution in [1.82, 2.24) is 0 Å². The Labute approximate surface area is 207 Å². The van der Waals surface area contributed by atoms with E-state index in [0.29, 0.717) is 30.6 Å². The van der Waals surface area contributed by atoms with Crippen molar-refractivity contribution in [3.8, 4) is 5.75 Å². The molecule has 8 nitrogen and oxygen atoms in total. The van der Waals surface area contributed by atoms with Gasteiger partial charge in [0.2, 0.25) is 0 Å². The van der Waals surface area contributed by atoms with E-state index in [9.17, 15) is 14.7 Å². The van der Waals surface area contributed by atoms with E-state index in [-0.39, 0.29) is 25.2 Å². The lowest BCUT2D eigenvalue weighted by Crippen LogP contribution is -2.29. The van der Waals surface area contributed by atoms with Crippen molar-refractivity contribution in [3.63, 3.8) is 0 Å². The van der Waals surface area contributed by atoms with Crippen molar-refractivity contribution in [2.45, 2.75) is 76.9 Å². The van der Waals surface area contributed by atoms with Gasteiger partial charge in [-0.25, -0.2) is 9.59 Å². The number of ether oxygens (including phenoxy) is 4. The summed E-state index contributed by atoms with van der Waals surface area (Å²) in [5, 5.41) is 19.9. The number of aliphatic hydroxyl groups excluding tert-OH is 1. The van der Waals surface area contributed by atoms with Crippen LogP contribution in [0, 0.1) is 17.8 Å². The molecule has 0 aromatic heterocycles. The number of methoxy groups -OCH3 is 1. The Morgan fingerprint density at radius 1 is 1.14 bits per heavy atom. The summed E-state index contributed by atoms with van der Waals surface area (Å²) in [4.78, 5) is 23.1. The molecule has 0 unspecified atom stereocenters. The van der Waals surface area contributed by atoms with Crippen LogP contribution in [0.15, 0.2) is 18.2 Å². The molecule has 8 heteroatoms. The molecule has 2 aliphatic carbocycles. The molecule has 196 valence electrons. The Balaban J connectivity index is 1.61. The number of unbranched alkanes of at least 4 members (excludes halogenated alkanes) is 2. The van der Waals surface area contributed by atoms with Crippen LogP contribution in [0.1, 0.15) is 63.0 Å². The molecule has 0 spiro atoms. The summed E-state index contributed by atoms with van der Waals surface area (Å²) in [6, 6.07) is 5.81. The standard InChI is InChI=1S/C27H40O8/c1-3-4-5-8-20(35-27(31)33-13-12-32-2)10-11-21-22-14-18-7-6-9-25(34-17-26(29)30)23(18)15-19(22)16-24(21)28/h6-7,9,19-22,24,28H,3-5,8,10-17H2,1-2H3,(H,29,30)/t19-,20-,21+,22-,24+/m0/s1. The van der Waals surface area contributed by atoms with Gasteiger partial charge in [-0.1, -0.05) is 31.9 Å². The third kappa shape index (κ3) is 7.84. The van der Waals surface area contributed by atoms with Gasteiger partial charge < -0.3 is 29.2 Å². The molecule has 5 atom stereocenters. The van der Waals surface area contributed by atoms with Crippen molar-refractivity contribution < 1.29 is 38.7 Å². The molecule has 0 saturated heterocycles. The maximum Gasteiger partial charge on any atom is 0.508 e. The zero-order chi connectivity index (χ0) is 25.2. The fourth-order valence-corrected chi connectivity index (χ4v) is 5.72. The molecule has 2 N–H and O–H groups in total. The molecule has 0 radical (unpaired) electrons. The molecule has 1 fully saturated rings. The second-order valence-electron chi connectivity index (χ2n) is 9.78. The van der Waals surface area contributed by atoms with Gasteiger partial charge in [0.25, 0.3) is 0 Å². The molecule has 2 aliphatic rings. The van der Waals surface area contributed by atoms with Gasteiger partial charge in [0.15, 0.2) is 6.61 Å². The van der Waals surface area contributed by atoms with Crippen molar-refractivity contribution in [3.05, 3.63) is 29.3 Å². The predicted molar refractivity (Wildman–Crippen MR) is 130 cm³/mol. The summed E-state index contributed by atoms with van der Waals surface area (Å²) in [5.41, 5.74) is 2.24. The van der Waals surface area contributed by atoms with Gasteiger partial charge in [0.05, 0.1) is 12.7 Å². The van der Waals surface area contributed by atoms with Crippen molar-refractivity contribution >= 4 is 12.1 Å². The lowest BCUT2D eigenvalue weighted by molar-refractivity contribution is -0.139. The average Bonchev–Trinajstić information content (AvgIpc) is 3.13. The van der Waals surface area contributed by atoms with E-state index in [1.54, 1.807) is 7.11 Å². The average molecular weight is 493 g/mol. The van der Waals surface area contributed by atoms with Crippen molar-refractivity contribution in [2.75, 3.05) is 26.9 Å². The minimum Gasteiger partial charge on any atom is -0.482 e. The quantitative estimate of drug-likeness (QED) is 0.291. The Morgan fingerprint density at radius 2 is 1.97 bits per heavy atom. The molecular formula is C27H40O8.